The summed E-state index contributed by atoms with van der Waals surface area (Å²) in [4.78, 5) is 25.8. The summed E-state index contributed by atoms with van der Waals surface area (Å²) < 4.78 is 0. The molecule has 3 unspecified atom stereocenters. The monoisotopic (exact) mass is 425 g/mol. The maximum atomic E-state index is 12.6. The predicted molar refractivity (Wildman–Crippen MR) is 119 cm³/mol. The lowest BCUT2D eigenvalue weighted by Crippen LogP contribution is -2.49. The van der Waals surface area contributed by atoms with Crippen molar-refractivity contribution in [1.29, 1.82) is 0 Å². The van der Waals surface area contributed by atoms with E-state index >= 15 is 0 Å². The molecule has 0 aromatic heterocycles. The first-order valence-electron chi connectivity index (χ1n) is 10.7. The summed E-state index contributed by atoms with van der Waals surface area (Å²) in [6.07, 6.45) is 3.36. The van der Waals surface area contributed by atoms with Crippen molar-refractivity contribution in [2.75, 3.05) is 19.6 Å². The van der Waals surface area contributed by atoms with Crippen LogP contribution >= 0.6 is 11.6 Å². The number of hydrogen-bond donors (Lipinski definition) is 2. The van der Waals surface area contributed by atoms with Gasteiger partial charge in [-0.05, 0) is 67.5 Å². The van der Waals surface area contributed by atoms with E-state index in [4.69, 9.17) is 11.6 Å². The van der Waals surface area contributed by atoms with Crippen LogP contribution in [-0.4, -0.2) is 42.4 Å². The van der Waals surface area contributed by atoms with E-state index in [2.05, 4.69) is 35.8 Å². The molecule has 0 bridgehead atoms. The second-order valence-electron chi connectivity index (χ2n) is 8.35. The number of hydrogen-bond acceptors (Lipinski definition) is 3. The normalized spacial score (nSPS) is 22.6. The van der Waals surface area contributed by atoms with Crippen LogP contribution in [0.15, 0.2) is 48.5 Å². The van der Waals surface area contributed by atoms with Gasteiger partial charge in [0.1, 0.15) is 0 Å². The highest BCUT2D eigenvalue weighted by Crippen LogP contribution is 2.35. The molecule has 1 aliphatic carbocycles. The van der Waals surface area contributed by atoms with Gasteiger partial charge < -0.3 is 15.5 Å². The molecule has 2 aliphatic rings. The molecule has 3 atom stereocenters. The van der Waals surface area contributed by atoms with E-state index in [0.717, 1.165) is 24.3 Å². The summed E-state index contributed by atoms with van der Waals surface area (Å²) in [5.74, 6) is 0.333. The number of carbonyl (C=O) groups is 2. The minimum absolute atomic E-state index is 0.0716. The van der Waals surface area contributed by atoms with Gasteiger partial charge >= 0.3 is 0 Å². The molecule has 0 radical (unpaired) electrons. The number of halogens is 1. The number of piperazine rings is 1. The zero-order valence-electron chi connectivity index (χ0n) is 17.2. The fraction of sp³-hybridized carbons (Fsp3) is 0.417. The van der Waals surface area contributed by atoms with E-state index in [1.54, 1.807) is 4.90 Å². The second-order valence-corrected chi connectivity index (χ2v) is 8.79. The van der Waals surface area contributed by atoms with Crippen LogP contribution in [-0.2, 0) is 4.79 Å². The van der Waals surface area contributed by atoms with Gasteiger partial charge in [-0.3, -0.25) is 9.59 Å². The fourth-order valence-corrected chi connectivity index (χ4v) is 4.75. The molecule has 2 N–H and O–H groups in total. The van der Waals surface area contributed by atoms with Crippen LogP contribution in [0.3, 0.4) is 0 Å². The van der Waals surface area contributed by atoms with Crippen molar-refractivity contribution in [1.82, 2.24) is 15.5 Å². The lowest BCUT2D eigenvalue weighted by molar-refractivity contribution is -0.123. The van der Waals surface area contributed by atoms with Gasteiger partial charge in [0, 0.05) is 35.8 Å². The summed E-state index contributed by atoms with van der Waals surface area (Å²) in [7, 11) is 0. The van der Waals surface area contributed by atoms with Crippen LogP contribution in [0.25, 0.3) is 0 Å². The van der Waals surface area contributed by atoms with Crippen molar-refractivity contribution in [2.45, 2.75) is 44.2 Å². The van der Waals surface area contributed by atoms with E-state index in [9.17, 15) is 9.59 Å². The van der Waals surface area contributed by atoms with Crippen LogP contribution in [0.2, 0.25) is 5.02 Å². The van der Waals surface area contributed by atoms with Gasteiger partial charge in [0.05, 0.1) is 6.54 Å². The van der Waals surface area contributed by atoms with Crippen molar-refractivity contribution in [3.05, 3.63) is 70.2 Å². The Kier molecular flexibility index (Phi) is 6.40. The molecule has 6 heteroatoms. The molecule has 4 rings (SSSR count). The number of carbonyl (C=O) groups excluding carboxylic acids is 2. The molecular weight excluding hydrogens is 398 g/mol. The van der Waals surface area contributed by atoms with E-state index in [-0.39, 0.29) is 24.4 Å². The Morgan fingerprint density at radius 1 is 1.20 bits per heavy atom. The molecule has 1 heterocycles. The molecule has 1 aliphatic heterocycles. The Balaban J connectivity index is 1.34. The fourth-order valence-electron chi connectivity index (χ4n) is 4.55. The number of nitrogens with one attached hydrogen (secondary N) is 2. The molecule has 2 fully saturated rings. The summed E-state index contributed by atoms with van der Waals surface area (Å²) >= 11 is 6.13. The van der Waals surface area contributed by atoms with Crippen LogP contribution < -0.4 is 10.6 Å². The van der Waals surface area contributed by atoms with E-state index in [1.807, 2.05) is 30.3 Å². The molecule has 2 aromatic carbocycles. The largest absolute Gasteiger partial charge is 0.353 e. The van der Waals surface area contributed by atoms with Gasteiger partial charge in [-0.25, -0.2) is 0 Å². The second kappa shape index (κ2) is 9.19. The quantitative estimate of drug-likeness (QED) is 0.763. The smallest absolute Gasteiger partial charge is 0.254 e. The SMILES string of the molecule is CC(NC1CCC(c2ccc(C(=O)N3CCNC(=O)C3)cc2)C1)c1cccc(Cl)c1. The molecule has 2 aromatic rings. The highest BCUT2D eigenvalue weighted by Gasteiger charge is 2.28. The zero-order valence-corrected chi connectivity index (χ0v) is 18.0. The molecular formula is C24H28ClN3O2. The lowest BCUT2D eigenvalue weighted by Gasteiger charge is -2.26. The van der Waals surface area contributed by atoms with Crippen molar-refractivity contribution >= 4 is 23.4 Å². The standard InChI is InChI=1S/C24H28ClN3O2/c1-16(19-3-2-4-21(25)13-19)27-22-10-9-20(14-22)17-5-7-18(8-6-17)24(30)28-12-11-26-23(29)15-28/h2-8,13,16,20,22,27H,9-12,14-15H2,1H3,(H,26,29). The van der Waals surface area contributed by atoms with Gasteiger partial charge in [0.2, 0.25) is 5.91 Å². The van der Waals surface area contributed by atoms with Crippen molar-refractivity contribution in [2.24, 2.45) is 0 Å². The average Bonchev–Trinajstić information content (AvgIpc) is 3.22. The van der Waals surface area contributed by atoms with Crippen molar-refractivity contribution in [3.63, 3.8) is 0 Å². The van der Waals surface area contributed by atoms with E-state index in [1.165, 1.54) is 11.1 Å². The minimum Gasteiger partial charge on any atom is -0.353 e. The Bertz CT molecular complexity index is 915. The van der Waals surface area contributed by atoms with Crippen LogP contribution in [0, 0.1) is 0 Å². The molecule has 0 spiro atoms. The van der Waals surface area contributed by atoms with Gasteiger partial charge in [-0.15, -0.1) is 0 Å². The maximum Gasteiger partial charge on any atom is 0.254 e. The highest BCUT2D eigenvalue weighted by molar-refractivity contribution is 6.30. The number of nitrogens with zero attached hydrogens (tertiary/aromatic N) is 1. The Hall–Kier alpha value is -2.37. The summed E-state index contributed by atoms with van der Waals surface area (Å²) in [6.45, 7) is 3.40. The van der Waals surface area contributed by atoms with Crippen molar-refractivity contribution < 1.29 is 9.59 Å². The topological polar surface area (TPSA) is 61.4 Å². The predicted octanol–water partition coefficient (Wildman–Crippen LogP) is 3.90. The Morgan fingerprint density at radius 2 is 2.00 bits per heavy atom. The van der Waals surface area contributed by atoms with Gasteiger partial charge in [-0.1, -0.05) is 35.9 Å². The Labute approximate surface area is 182 Å². The van der Waals surface area contributed by atoms with Gasteiger partial charge in [0.15, 0.2) is 0 Å². The third kappa shape index (κ3) is 4.85. The molecule has 1 saturated heterocycles. The van der Waals surface area contributed by atoms with Gasteiger partial charge in [0.25, 0.3) is 5.91 Å². The van der Waals surface area contributed by atoms with Gasteiger partial charge in [-0.2, -0.15) is 0 Å². The number of amides is 2. The first kappa shape index (κ1) is 20.9. The number of benzene rings is 2. The number of rotatable bonds is 5. The third-order valence-corrected chi connectivity index (χ3v) is 6.46. The molecule has 5 nitrogen and oxygen atoms in total. The summed E-state index contributed by atoms with van der Waals surface area (Å²) in [5, 5.41) is 7.26. The third-order valence-electron chi connectivity index (χ3n) is 6.22. The zero-order chi connectivity index (χ0) is 21.1. The van der Waals surface area contributed by atoms with Crippen LogP contribution in [0.5, 0.6) is 0 Å². The molecule has 2 amide bonds. The minimum atomic E-state index is -0.0947. The average molecular weight is 426 g/mol. The van der Waals surface area contributed by atoms with E-state index < -0.39 is 0 Å². The van der Waals surface area contributed by atoms with E-state index in [0.29, 0.717) is 30.6 Å². The Morgan fingerprint density at radius 3 is 2.73 bits per heavy atom. The van der Waals surface area contributed by atoms with Crippen molar-refractivity contribution in [3.8, 4) is 0 Å². The lowest BCUT2D eigenvalue weighted by atomic mass is 9.96. The maximum absolute atomic E-state index is 12.6. The molecule has 1 saturated carbocycles. The summed E-state index contributed by atoms with van der Waals surface area (Å²) in [5.41, 5.74) is 3.14. The first-order valence-corrected chi connectivity index (χ1v) is 11.0. The highest BCUT2D eigenvalue weighted by atomic mass is 35.5. The molecule has 30 heavy (non-hydrogen) atoms. The molecule has 158 valence electrons. The summed E-state index contributed by atoms with van der Waals surface area (Å²) in [6, 6.07) is 16.7. The first-order chi connectivity index (χ1) is 14.5. The van der Waals surface area contributed by atoms with Crippen LogP contribution in [0.4, 0.5) is 0 Å². The van der Waals surface area contributed by atoms with Crippen LogP contribution in [0.1, 0.15) is 59.6 Å².